The van der Waals surface area contributed by atoms with Crippen molar-refractivity contribution in [1.29, 1.82) is 0 Å². The fourth-order valence-electron chi connectivity index (χ4n) is 2.90. The van der Waals surface area contributed by atoms with Crippen LogP contribution in [0.25, 0.3) is 0 Å². The molecule has 26 heavy (non-hydrogen) atoms. The smallest absolute Gasteiger partial charge is 0.338 e. The van der Waals surface area contributed by atoms with Crippen molar-refractivity contribution in [3.63, 3.8) is 0 Å². The summed E-state index contributed by atoms with van der Waals surface area (Å²) in [5.74, 6) is 0.821. The third-order valence-corrected chi connectivity index (χ3v) is 4.62. The Morgan fingerprint density at radius 1 is 0.885 bits per heavy atom. The second kappa shape index (κ2) is 13.5. The molecule has 1 aromatic carbocycles. The van der Waals surface area contributed by atoms with Gasteiger partial charge in [-0.25, -0.2) is 4.79 Å². The normalized spacial score (nSPS) is 10.8. The van der Waals surface area contributed by atoms with Gasteiger partial charge in [0.25, 0.3) is 0 Å². The summed E-state index contributed by atoms with van der Waals surface area (Å²) in [6.45, 7) is 8.38. The van der Waals surface area contributed by atoms with Gasteiger partial charge in [-0.1, -0.05) is 39.5 Å². The maximum Gasteiger partial charge on any atom is 0.338 e. The van der Waals surface area contributed by atoms with Gasteiger partial charge in [0.2, 0.25) is 0 Å². The van der Waals surface area contributed by atoms with Gasteiger partial charge in [0.05, 0.1) is 26.4 Å². The first kappa shape index (κ1) is 22.3. The minimum Gasteiger partial charge on any atom is -0.493 e. The van der Waals surface area contributed by atoms with Gasteiger partial charge in [-0.3, -0.25) is 0 Å². The van der Waals surface area contributed by atoms with Gasteiger partial charge in [0.1, 0.15) is 0 Å². The molecule has 0 aliphatic carbocycles. The number of hydrogen-bond donors (Lipinski definition) is 0. The summed E-state index contributed by atoms with van der Waals surface area (Å²) < 4.78 is 15.7. The van der Waals surface area contributed by atoms with Crippen LogP contribution in [0.15, 0.2) is 18.2 Å². The van der Waals surface area contributed by atoms with Crippen LogP contribution in [-0.2, 0) is 4.74 Å². The van der Waals surface area contributed by atoms with Gasteiger partial charge < -0.3 is 19.1 Å². The molecule has 5 heteroatoms. The minimum absolute atomic E-state index is 0.315. The summed E-state index contributed by atoms with van der Waals surface area (Å²) in [4.78, 5) is 14.5. The minimum atomic E-state index is -0.315. The zero-order valence-corrected chi connectivity index (χ0v) is 16.9. The molecule has 148 valence electrons. The molecule has 0 aliphatic rings. The molecular weight excluding hydrogens is 330 g/mol. The number of carbonyl (C=O) groups is 1. The van der Waals surface area contributed by atoms with E-state index < -0.39 is 0 Å². The third kappa shape index (κ3) is 8.09. The third-order valence-electron chi connectivity index (χ3n) is 4.62. The average Bonchev–Trinajstić information content (AvgIpc) is 2.68. The Morgan fingerprint density at radius 3 is 2.12 bits per heavy atom. The first-order valence-corrected chi connectivity index (χ1v) is 9.77. The second-order valence-electron chi connectivity index (χ2n) is 6.35. The van der Waals surface area contributed by atoms with E-state index in [0.717, 1.165) is 25.9 Å². The van der Waals surface area contributed by atoms with Crippen LogP contribution in [0.1, 0.15) is 62.7 Å². The molecule has 0 aliphatic heterocycles. The number of hydrogen-bond acceptors (Lipinski definition) is 5. The van der Waals surface area contributed by atoms with Gasteiger partial charge in [0, 0.05) is 0 Å². The Bertz CT molecular complexity index is 515. The Morgan fingerprint density at radius 2 is 1.50 bits per heavy atom. The molecule has 0 aromatic heterocycles. The number of nitrogens with zero attached hydrogens (tertiary/aromatic N) is 1. The quantitative estimate of drug-likeness (QED) is 0.358. The largest absolute Gasteiger partial charge is 0.493 e. The van der Waals surface area contributed by atoms with Crippen LogP contribution in [-0.4, -0.2) is 51.3 Å². The molecule has 0 fully saturated rings. The molecule has 0 N–H and O–H groups in total. The summed E-state index contributed by atoms with van der Waals surface area (Å²) in [7, 11) is 3.12. The summed E-state index contributed by atoms with van der Waals surface area (Å²) in [5, 5.41) is 0. The van der Waals surface area contributed by atoms with Crippen molar-refractivity contribution in [3.05, 3.63) is 23.8 Å². The fourth-order valence-corrected chi connectivity index (χ4v) is 2.90. The highest BCUT2D eigenvalue weighted by Crippen LogP contribution is 2.27. The molecule has 5 nitrogen and oxygen atoms in total. The number of esters is 1. The average molecular weight is 366 g/mol. The van der Waals surface area contributed by atoms with Crippen LogP contribution >= 0.6 is 0 Å². The van der Waals surface area contributed by atoms with Crippen molar-refractivity contribution in [2.24, 2.45) is 0 Å². The maximum atomic E-state index is 12.1. The topological polar surface area (TPSA) is 48.0 Å². The zero-order valence-electron chi connectivity index (χ0n) is 16.9. The Kier molecular flexibility index (Phi) is 11.5. The van der Waals surface area contributed by atoms with E-state index in [0.29, 0.717) is 23.7 Å². The molecule has 0 radical (unpaired) electrons. The Labute approximate surface area is 158 Å². The molecule has 0 amide bonds. The van der Waals surface area contributed by atoms with E-state index in [-0.39, 0.29) is 5.97 Å². The number of rotatable bonds is 14. The van der Waals surface area contributed by atoms with Gasteiger partial charge in [-0.05, 0) is 50.7 Å². The van der Waals surface area contributed by atoms with E-state index in [1.54, 1.807) is 32.4 Å². The van der Waals surface area contributed by atoms with Crippen molar-refractivity contribution < 1.29 is 19.0 Å². The highest BCUT2D eigenvalue weighted by molar-refractivity contribution is 5.90. The molecule has 0 bridgehead atoms. The van der Waals surface area contributed by atoms with E-state index in [9.17, 15) is 4.79 Å². The van der Waals surface area contributed by atoms with E-state index in [2.05, 4.69) is 18.7 Å². The lowest BCUT2D eigenvalue weighted by Crippen LogP contribution is -2.23. The number of unbranched alkanes of at least 4 members (excludes halogenated alkanes) is 5. The van der Waals surface area contributed by atoms with Crippen molar-refractivity contribution in [3.8, 4) is 11.5 Å². The van der Waals surface area contributed by atoms with Crippen LogP contribution in [0.5, 0.6) is 11.5 Å². The lowest BCUT2D eigenvalue weighted by molar-refractivity contribution is 0.0497. The SMILES string of the molecule is CCN(CC)CCCCCCCCOC(=O)c1ccc(OC)c(OC)c1. The molecule has 0 spiro atoms. The number of carbonyl (C=O) groups excluding carboxylic acids is 1. The summed E-state index contributed by atoms with van der Waals surface area (Å²) >= 11 is 0. The molecule has 0 saturated carbocycles. The van der Waals surface area contributed by atoms with Crippen LogP contribution in [0.3, 0.4) is 0 Å². The molecule has 0 heterocycles. The first-order valence-electron chi connectivity index (χ1n) is 9.77. The monoisotopic (exact) mass is 365 g/mol. The van der Waals surface area contributed by atoms with E-state index >= 15 is 0 Å². The number of benzene rings is 1. The zero-order chi connectivity index (χ0) is 19.2. The standard InChI is InChI=1S/C21H35NO4/c1-5-22(6-2)15-11-9-7-8-10-12-16-26-21(23)18-13-14-19(24-3)20(17-18)25-4/h13-14,17H,5-12,15-16H2,1-4H3. The molecular formula is C21H35NO4. The lowest BCUT2D eigenvalue weighted by Gasteiger charge is -2.17. The Hall–Kier alpha value is -1.75. The van der Waals surface area contributed by atoms with Gasteiger partial charge >= 0.3 is 5.97 Å². The number of ether oxygens (including phenoxy) is 3. The van der Waals surface area contributed by atoms with E-state index in [1.165, 1.54) is 32.2 Å². The van der Waals surface area contributed by atoms with Crippen molar-refractivity contribution in [2.45, 2.75) is 52.4 Å². The second-order valence-corrected chi connectivity index (χ2v) is 6.35. The number of methoxy groups -OCH3 is 2. The Balaban J connectivity index is 2.13. The highest BCUT2D eigenvalue weighted by atomic mass is 16.5. The summed E-state index contributed by atoms with van der Waals surface area (Å²) in [5.41, 5.74) is 0.485. The van der Waals surface area contributed by atoms with Gasteiger partial charge in [-0.2, -0.15) is 0 Å². The predicted molar refractivity (Wildman–Crippen MR) is 105 cm³/mol. The van der Waals surface area contributed by atoms with Crippen molar-refractivity contribution in [2.75, 3.05) is 40.5 Å². The van der Waals surface area contributed by atoms with Gasteiger partial charge in [0.15, 0.2) is 11.5 Å². The van der Waals surface area contributed by atoms with Crippen LogP contribution in [0, 0.1) is 0 Å². The molecule has 0 atom stereocenters. The van der Waals surface area contributed by atoms with E-state index in [1.807, 2.05) is 0 Å². The molecule has 1 aromatic rings. The fraction of sp³-hybridized carbons (Fsp3) is 0.667. The lowest BCUT2D eigenvalue weighted by atomic mass is 10.1. The van der Waals surface area contributed by atoms with Crippen LogP contribution < -0.4 is 9.47 Å². The van der Waals surface area contributed by atoms with Crippen molar-refractivity contribution in [1.82, 2.24) is 4.90 Å². The maximum absolute atomic E-state index is 12.1. The molecule has 0 unspecified atom stereocenters. The first-order chi connectivity index (χ1) is 12.7. The summed E-state index contributed by atoms with van der Waals surface area (Å²) in [6, 6.07) is 5.06. The highest BCUT2D eigenvalue weighted by Gasteiger charge is 2.11. The van der Waals surface area contributed by atoms with Gasteiger partial charge in [-0.15, -0.1) is 0 Å². The van der Waals surface area contributed by atoms with Crippen LogP contribution in [0.2, 0.25) is 0 Å². The molecule has 0 saturated heterocycles. The summed E-state index contributed by atoms with van der Waals surface area (Å²) in [6.07, 6.45) is 7.02. The van der Waals surface area contributed by atoms with E-state index in [4.69, 9.17) is 14.2 Å². The predicted octanol–water partition coefficient (Wildman–Crippen LogP) is 4.54. The van der Waals surface area contributed by atoms with Crippen molar-refractivity contribution >= 4 is 5.97 Å². The molecule has 1 rings (SSSR count). The van der Waals surface area contributed by atoms with Crippen LogP contribution in [0.4, 0.5) is 0 Å².